The second-order valence-corrected chi connectivity index (χ2v) is 6.59. The summed E-state index contributed by atoms with van der Waals surface area (Å²) < 4.78 is 5.63. The molecular formula is C17H22N2O2. The lowest BCUT2D eigenvalue weighted by molar-refractivity contribution is -0.128. The van der Waals surface area contributed by atoms with E-state index in [2.05, 4.69) is 26.8 Å². The smallest absolute Gasteiger partial charge is 0.223 e. The molecule has 1 aliphatic rings. The number of ether oxygens (including phenoxy) is 1. The molecule has 1 atom stereocenters. The number of rotatable bonds is 4. The molecule has 1 aromatic carbocycles. The molecule has 0 saturated carbocycles. The van der Waals surface area contributed by atoms with Crippen molar-refractivity contribution >= 4 is 5.91 Å². The highest BCUT2D eigenvalue weighted by Gasteiger charge is 2.36. The summed E-state index contributed by atoms with van der Waals surface area (Å²) in [6, 6.07) is 9.09. The van der Waals surface area contributed by atoms with Gasteiger partial charge in [-0.05, 0) is 35.6 Å². The van der Waals surface area contributed by atoms with E-state index >= 15 is 0 Å². The summed E-state index contributed by atoms with van der Waals surface area (Å²) in [5.74, 6) is 1.37. The highest BCUT2D eigenvalue weighted by molar-refractivity contribution is 5.78. The predicted octanol–water partition coefficient (Wildman–Crippen LogP) is 2.83. The van der Waals surface area contributed by atoms with E-state index in [-0.39, 0.29) is 11.3 Å². The molecule has 0 spiro atoms. The molecule has 1 unspecified atom stereocenters. The third-order valence-electron chi connectivity index (χ3n) is 4.05. The number of nitriles is 1. The first kappa shape index (κ1) is 15.4. The van der Waals surface area contributed by atoms with Crippen molar-refractivity contribution in [2.45, 2.75) is 27.2 Å². The zero-order valence-electron chi connectivity index (χ0n) is 12.9. The van der Waals surface area contributed by atoms with Crippen molar-refractivity contribution in [1.82, 2.24) is 4.90 Å². The molecule has 2 rings (SSSR count). The van der Waals surface area contributed by atoms with E-state index in [0.717, 1.165) is 12.3 Å². The Labute approximate surface area is 126 Å². The van der Waals surface area contributed by atoms with E-state index in [1.54, 1.807) is 24.3 Å². The van der Waals surface area contributed by atoms with Gasteiger partial charge in [-0.3, -0.25) is 4.79 Å². The number of hydrogen-bond donors (Lipinski definition) is 0. The molecule has 1 fully saturated rings. The van der Waals surface area contributed by atoms with Gasteiger partial charge in [0.25, 0.3) is 0 Å². The Kier molecular flexibility index (Phi) is 4.52. The summed E-state index contributed by atoms with van der Waals surface area (Å²) >= 11 is 0. The maximum Gasteiger partial charge on any atom is 0.223 e. The fraction of sp³-hybridized carbons (Fsp3) is 0.529. The van der Waals surface area contributed by atoms with Gasteiger partial charge >= 0.3 is 0 Å². The summed E-state index contributed by atoms with van der Waals surface area (Å²) in [7, 11) is 0. The monoisotopic (exact) mass is 286 g/mol. The van der Waals surface area contributed by atoms with Crippen molar-refractivity contribution in [3.63, 3.8) is 0 Å². The predicted molar refractivity (Wildman–Crippen MR) is 80.8 cm³/mol. The van der Waals surface area contributed by atoms with Crippen molar-refractivity contribution < 1.29 is 9.53 Å². The minimum atomic E-state index is 0.165. The van der Waals surface area contributed by atoms with Crippen LogP contribution in [0.25, 0.3) is 0 Å². The third-order valence-corrected chi connectivity index (χ3v) is 4.05. The first-order valence-corrected chi connectivity index (χ1v) is 7.31. The van der Waals surface area contributed by atoms with Crippen LogP contribution in [-0.4, -0.2) is 30.5 Å². The topological polar surface area (TPSA) is 53.3 Å². The van der Waals surface area contributed by atoms with Gasteiger partial charge in [-0.15, -0.1) is 0 Å². The molecular weight excluding hydrogens is 264 g/mol. The number of carbonyl (C=O) groups is 1. The van der Waals surface area contributed by atoms with Crippen LogP contribution >= 0.6 is 0 Å². The first-order valence-electron chi connectivity index (χ1n) is 7.31. The molecule has 21 heavy (non-hydrogen) atoms. The Morgan fingerprint density at radius 2 is 2.00 bits per heavy atom. The minimum Gasteiger partial charge on any atom is -0.492 e. The van der Waals surface area contributed by atoms with Gasteiger partial charge in [0.15, 0.2) is 0 Å². The SMILES string of the molecule is CC(C)(C)C1CC(=O)N(CCOc2ccc(C#N)cc2)C1. The lowest BCUT2D eigenvalue weighted by Crippen LogP contribution is -2.31. The van der Waals surface area contributed by atoms with Gasteiger partial charge in [0.1, 0.15) is 12.4 Å². The second kappa shape index (κ2) is 6.17. The molecule has 0 N–H and O–H groups in total. The van der Waals surface area contributed by atoms with Gasteiger partial charge in [0.2, 0.25) is 5.91 Å². The normalized spacial score (nSPS) is 18.7. The number of amides is 1. The maximum absolute atomic E-state index is 12.0. The zero-order chi connectivity index (χ0) is 15.5. The second-order valence-electron chi connectivity index (χ2n) is 6.59. The highest BCUT2D eigenvalue weighted by Crippen LogP contribution is 2.34. The van der Waals surface area contributed by atoms with E-state index in [1.165, 1.54) is 0 Å². The number of benzene rings is 1. The van der Waals surface area contributed by atoms with Crippen LogP contribution in [0, 0.1) is 22.7 Å². The average Bonchev–Trinajstić information content (AvgIpc) is 2.81. The Hall–Kier alpha value is -2.02. The average molecular weight is 286 g/mol. The molecule has 1 heterocycles. The summed E-state index contributed by atoms with van der Waals surface area (Å²) in [6.45, 7) is 8.46. The standard InChI is InChI=1S/C17H22N2O2/c1-17(2,3)14-10-16(20)19(12-14)8-9-21-15-6-4-13(11-18)5-7-15/h4-7,14H,8-10,12H2,1-3H3. The minimum absolute atomic E-state index is 0.165. The van der Waals surface area contributed by atoms with Gasteiger partial charge in [-0.1, -0.05) is 20.8 Å². The van der Waals surface area contributed by atoms with E-state index < -0.39 is 0 Å². The zero-order valence-corrected chi connectivity index (χ0v) is 12.9. The fourth-order valence-corrected chi connectivity index (χ4v) is 2.47. The summed E-state index contributed by atoms with van der Waals surface area (Å²) in [4.78, 5) is 13.9. The van der Waals surface area contributed by atoms with Crippen LogP contribution in [0.5, 0.6) is 5.75 Å². The van der Waals surface area contributed by atoms with Gasteiger partial charge < -0.3 is 9.64 Å². The molecule has 0 bridgehead atoms. The van der Waals surface area contributed by atoms with Crippen LogP contribution in [0.15, 0.2) is 24.3 Å². The third kappa shape index (κ3) is 3.98. The Morgan fingerprint density at radius 1 is 1.33 bits per heavy atom. The largest absolute Gasteiger partial charge is 0.492 e. The Bertz CT molecular complexity index is 537. The van der Waals surface area contributed by atoms with E-state index in [0.29, 0.717) is 31.1 Å². The van der Waals surface area contributed by atoms with Crippen LogP contribution in [0.4, 0.5) is 0 Å². The molecule has 1 saturated heterocycles. The molecule has 0 aliphatic carbocycles. The summed E-state index contributed by atoms with van der Waals surface area (Å²) in [5, 5.41) is 8.73. The molecule has 4 heteroatoms. The van der Waals surface area contributed by atoms with Crippen LogP contribution in [0.2, 0.25) is 0 Å². The van der Waals surface area contributed by atoms with Crippen molar-refractivity contribution in [2.75, 3.05) is 19.7 Å². The Morgan fingerprint density at radius 3 is 2.52 bits per heavy atom. The van der Waals surface area contributed by atoms with Gasteiger partial charge in [0, 0.05) is 13.0 Å². The molecule has 0 radical (unpaired) electrons. The number of likely N-dealkylation sites (tertiary alicyclic amines) is 1. The summed E-state index contributed by atoms with van der Waals surface area (Å²) in [6.07, 6.45) is 0.639. The van der Waals surface area contributed by atoms with Crippen molar-refractivity contribution in [3.05, 3.63) is 29.8 Å². The molecule has 112 valence electrons. The van der Waals surface area contributed by atoms with Crippen molar-refractivity contribution in [3.8, 4) is 11.8 Å². The number of carbonyl (C=O) groups excluding carboxylic acids is 1. The fourth-order valence-electron chi connectivity index (χ4n) is 2.47. The van der Waals surface area contributed by atoms with E-state index in [9.17, 15) is 4.79 Å². The molecule has 1 aromatic rings. The number of hydrogen-bond acceptors (Lipinski definition) is 3. The van der Waals surface area contributed by atoms with Crippen molar-refractivity contribution in [1.29, 1.82) is 5.26 Å². The van der Waals surface area contributed by atoms with E-state index in [4.69, 9.17) is 10.00 Å². The van der Waals surface area contributed by atoms with E-state index in [1.807, 2.05) is 4.90 Å². The molecule has 4 nitrogen and oxygen atoms in total. The summed E-state index contributed by atoms with van der Waals surface area (Å²) in [5.41, 5.74) is 0.781. The van der Waals surface area contributed by atoms with Crippen molar-refractivity contribution in [2.24, 2.45) is 11.3 Å². The van der Waals surface area contributed by atoms with Crippen LogP contribution in [0.3, 0.4) is 0 Å². The van der Waals surface area contributed by atoms with Gasteiger partial charge in [-0.25, -0.2) is 0 Å². The lowest BCUT2D eigenvalue weighted by Gasteiger charge is -2.26. The van der Waals surface area contributed by atoms with Gasteiger partial charge in [0.05, 0.1) is 18.2 Å². The highest BCUT2D eigenvalue weighted by atomic mass is 16.5. The van der Waals surface area contributed by atoms with Crippen LogP contribution in [0.1, 0.15) is 32.8 Å². The molecule has 1 aliphatic heterocycles. The molecule has 0 aromatic heterocycles. The molecule has 1 amide bonds. The number of nitrogens with zero attached hydrogens (tertiary/aromatic N) is 2. The van der Waals surface area contributed by atoms with Gasteiger partial charge in [-0.2, -0.15) is 5.26 Å². The van der Waals surface area contributed by atoms with Crippen LogP contribution in [-0.2, 0) is 4.79 Å². The maximum atomic E-state index is 12.0. The lowest BCUT2D eigenvalue weighted by atomic mass is 9.80. The Balaban J connectivity index is 1.81. The quantitative estimate of drug-likeness (QED) is 0.855. The van der Waals surface area contributed by atoms with Crippen LogP contribution < -0.4 is 4.74 Å². The first-order chi connectivity index (χ1) is 9.90.